The monoisotopic (exact) mass is 273 g/mol. The SMILES string of the molecule is CCNc1nc(-c2cn(C)nc2CC)nc(CC)c1C. The number of aryl methyl sites for hydroxylation is 3. The molecule has 0 aliphatic carbocycles. The van der Waals surface area contributed by atoms with Crippen LogP contribution in [-0.2, 0) is 19.9 Å². The molecule has 0 saturated heterocycles. The van der Waals surface area contributed by atoms with Crippen LogP contribution in [0.5, 0.6) is 0 Å². The number of aromatic nitrogens is 4. The maximum Gasteiger partial charge on any atom is 0.165 e. The minimum Gasteiger partial charge on any atom is -0.370 e. The molecule has 108 valence electrons. The molecule has 0 aromatic carbocycles. The standard InChI is InChI=1S/C15H23N5/c1-6-12-10(4)14(16-8-3)18-15(17-12)11-9-20(5)19-13(11)7-2/h9H,6-8H2,1-5H3,(H,16,17,18). The molecular weight excluding hydrogens is 250 g/mol. The molecule has 0 radical (unpaired) electrons. The zero-order valence-corrected chi connectivity index (χ0v) is 13.0. The number of hydrogen-bond acceptors (Lipinski definition) is 4. The van der Waals surface area contributed by atoms with E-state index in [0.29, 0.717) is 0 Å². The van der Waals surface area contributed by atoms with Crippen molar-refractivity contribution in [1.82, 2.24) is 19.7 Å². The Morgan fingerprint density at radius 1 is 1.10 bits per heavy atom. The minimum absolute atomic E-state index is 0.772. The molecule has 2 rings (SSSR count). The first-order valence-corrected chi connectivity index (χ1v) is 7.24. The molecule has 0 unspecified atom stereocenters. The van der Waals surface area contributed by atoms with Crippen LogP contribution in [0.1, 0.15) is 37.7 Å². The largest absolute Gasteiger partial charge is 0.370 e. The summed E-state index contributed by atoms with van der Waals surface area (Å²) in [6.45, 7) is 9.23. The fraction of sp³-hybridized carbons (Fsp3) is 0.533. The van der Waals surface area contributed by atoms with Crippen molar-refractivity contribution >= 4 is 5.82 Å². The lowest BCUT2D eigenvalue weighted by atomic mass is 10.1. The molecule has 0 saturated carbocycles. The molecular formula is C15H23N5. The summed E-state index contributed by atoms with van der Waals surface area (Å²) in [7, 11) is 1.93. The third-order valence-electron chi connectivity index (χ3n) is 3.41. The van der Waals surface area contributed by atoms with Gasteiger partial charge in [0.1, 0.15) is 5.82 Å². The second-order valence-corrected chi connectivity index (χ2v) is 4.87. The Morgan fingerprint density at radius 3 is 2.40 bits per heavy atom. The van der Waals surface area contributed by atoms with Gasteiger partial charge in [0.05, 0.1) is 11.3 Å². The molecule has 0 spiro atoms. The maximum absolute atomic E-state index is 4.72. The zero-order chi connectivity index (χ0) is 14.7. The summed E-state index contributed by atoms with van der Waals surface area (Å²) in [5, 5.41) is 7.80. The van der Waals surface area contributed by atoms with Crippen LogP contribution in [0, 0.1) is 6.92 Å². The smallest absolute Gasteiger partial charge is 0.165 e. The van der Waals surface area contributed by atoms with E-state index in [-0.39, 0.29) is 0 Å². The average Bonchev–Trinajstić information content (AvgIpc) is 2.82. The minimum atomic E-state index is 0.772. The quantitative estimate of drug-likeness (QED) is 0.910. The van der Waals surface area contributed by atoms with Crippen molar-refractivity contribution in [3.63, 3.8) is 0 Å². The Morgan fingerprint density at radius 2 is 1.80 bits per heavy atom. The molecule has 2 heterocycles. The first kappa shape index (κ1) is 14.5. The van der Waals surface area contributed by atoms with Crippen LogP contribution in [0.25, 0.3) is 11.4 Å². The van der Waals surface area contributed by atoms with Gasteiger partial charge in [-0.3, -0.25) is 4.68 Å². The van der Waals surface area contributed by atoms with E-state index in [2.05, 4.69) is 43.1 Å². The van der Waals surface area contributed by atoms with Crippen LogP contribution >= 0.6 is 0 Å². The highest BCUT2D eigenvalue weighted by molar-refractivity contribution is 5.61. The predicted octanol–water partition coefficient (Wildman–Crippen LogP) is 2.74. The van der Waals surface area contributed by atoms with Crippen molar-refractivity contribution in [2.24, 2.45) is 7.05 Å². The van der Waals surface area contributed by atoms with Gasteiger partial charge in [0, 0.05) is 31.0 Å². The Bertz CT molecular complexity index is 601. The summed E-state index contributed by atoms with van der Waals surface area (Å²) < 4.78 is 1.83. The predicted molar refractivity (Wildman–Crippen MR) is 81.9 cm³/mol. The molecule has 0 aliphatic heterocycles. The van der Waals surface area contributed by atoms with Gasteiger partial charge in [-0.1, -0.05) is 13.8 Å². The molecule has 0 bridgehead atoms. The lowest BCUT2D eigenvalue weighted by Gasteiger charge is -2.12. The molecule has 0 fully saturated rings. The van der Waals surface area contributed by atoms with Gasteiger partial charge in [0.15, 0.2) is 5.82 Å². The molecule has 20 heavy (non-hydrogen) atoms. The molecule has 0 aliphatic rings. The second-order valence-electron chi connectivity index (χ2n) is 4.87. The lowest BCUT2D eigenvalue weighted by molar-refractivity contribution is 0.746. The van der Waals surface area contributed by atoms with E-state index in [0.717, 1.165) is 53.5 Å². The highest BCUT2D eigenvalue weighted by Crippen LogP contribution is 2.24. The molecule has 2 aromatic heterocycles. The number of rotatable bonds is 5. The highest BCUT2D eigenvalue weighted by atomic mass is 15.3. The van der Waals surface area contributed by atoms with Gasteiger partial charge in [-0.05, 0) is 26.7 Å². The maximum atomic E-state index is 4.72. The topological polar surface area (TPSA) is 55.6 Å². The molecule has 5 nitrogen and oxygen atoms in total. The number of hydrogen-bond donors (Lipinski definition) is 1. The normalized spacial score (nSPS) is 10.8. The average molecular weight is 273 g/mol. The molecule has 1 N–H and O–H groups in total. The van der Waals surface area contributed by atoms with E-state index >= 15 is 0 Å². The Hall–Kier alpha value is -1.91. The van der Waals surface area contributed by atoms with Crippen molar-refractivity contribution in [1.29, 1.82) is 0 Å². The lowest BCUT2D eigenvalue weighted by Crippen LogP contribution is -2.07. The van der Waals surface area contributed by atoms with Crippen molar-refractivity contribution in [2.75, 3.05) is 11.9 Å². The second kappa shape index (κ2) is 6.03. The number of nitrogens with zero attached hydrogens (tertiary/aromatic N) is 4. The first-order chi connectivity index (χ1) is 9.60. The highest BCUT2D eigenvalue weighted by Gasteiger charge is 2.15. The van der Waals surface area contributed by atoms with Crippen molar-refractivity contribution < 1.29 is 0 Å². The van der Waals surface area contributed by atoms with Gasteiger partial charge < -0.3 is 5.32 Å². The summed E-state index contributed by atoms with van der Waals surface area (Å²) in [6.07, 6.45) is 3.78. The van der Waals surface area contributed by atoms with Crippen LogP contribution in [0.2, 0.25) is 0 Å². The fourth-order valence-corrected chi connectivity index (χ4v) is 2.35. The van der Waals surface area contributed by atoms with Crippen LogP contribution in [0.15, 0.2) is 6.20 Å². The van der Waals surface area contributed by atoms with Crippen LogP contribution in [0.4, 0.5) is 5.82 Å². The summed E-state index contributed by atoms with van der Waals surface area (Å²) in [5.41, 5.74) is 4.31. The van der Waals surface area contributed by atoms with E-state index in [1.54, 1.807) is 0 Å². The van der Waals surface area contributed by atoms with E-state index in [4.69, 9.17) is 4.98 Å². The van der Waals surface area contributed by atoms with Gasteiger partial charge in [-0.25, -0.2) is 9.97 Å². The Balaban J connectivity index is 2.58. The summed E-state index contributed by atoms with van der Waals surface area (Å²) in [4.78, 5) is 9.41. The van der Waals surface area contributed by atoms with E-state index in [1.807, 2.05) is 17.9 Å². The molecule has 0 amide bonds. The zero-order valence-electron chi connectivity index (χ0n) is 13.0. The van der Waals surface area contributed by atoms with Gasteiger partial charge in [0.2, 0.25) is 0 Å². The van der Waals surface area contributed by atoms with Crippen molar-refractivity contribution in [3.05, 3.63) is 23.1 Å². The van der Waals surface area contributed by atoms with Crippen LogP contribution in [0.3, 0.4) is 0 Å². The van der Waals surface area contributed by atoms with E-state index in [9.17, 15) is 0 Å². The van der Waals surface area contributed by atoms with Crippen LogP contribution in [-0.4, -0.2) is 26.3 Å². The third kappa shape index (κ3) is 2.66. The van der Waals surface area contributed by atoms with Gasteiger partial charge in [-0.15, -0.1) is 0 Å². The van der Waals surface area contributed by atoms with Crippen LogP contribution < -0.4 is 5.32 Å². The van der Waals surface area contributed by atoms with Gasteiger partial charge in [-0.2, -0.15) is 5.10 Å². The van der Waals surface area contributed by atoms with Crippen molar-refractivity contribution in [3.8, 4) is 11.4 Å². The molecule has 2 aromatic rings. The van der Waals surface area contributed by atoms with E-state index < -0.39 is 0 Å². The molecule has 5 heteroatoms. The van der Waals surface area contributed by atoms with Gasteiger partial charge >= 0.3 is 0 Å². The Kier molecular flexibility index (Phi) is 4.37. The van der Waals surface area contributed by atoms with Gasteiger partial charge in [0.25, 0.3) is 0 Å². The summed E-state index contributed by atoms with van der Waals surface area (Å²) in [6, 6.07) is 0. The molecule has 0 atom stereocenters. The summed E-state index contributed by atoms with van der Waals surface area (Å²) in [5.74, 6) is 1.70. The third-order valence-corrected chi connectivity index (χ3v) is 3.41. The number of nitrogens with one attached hydrogen (secondary N) is 1. The number of anilines is 1. The van der Waals surface area contributed by atoms with E-state index in [1.165, 1.54) is 0 Å². The first-order valence-electron chi connectivity index (χ1n) is 7.24. The Labute approximate surface area is 120 Å². The fourth-order valence-electron chi connectivity index (χ4n) is 2.35. The summed E-state index contributed by atoms with van der Waals surface area (Å²) >= 11 is 0. The van der Waals surface area contributed by atoms with Crippen molar-refractivity contribution in [2.45, 2.75) is 40.5 Å².